The lowest BCUT2D eigenvalue weighted by Crippen LogP contribution is -2.41. The lowest BCUT2D eigenvalue weighted by atomic mass is 9.97. The van der Waals surface area contributed by atoms with E-state index < -0.39 is 0 Å². The highest BCUT2D eigenvalue weighted by Crippen LogP contribution is 2.26. The molecule has 0 aliphatic carbocycles. The molecule has 6 nitrogen and oxygen atoms in total. The Balaban J connectivity index is 1.66. The summed E-state index contributed by atoms with van der Waals surface area (Å²) in [6.45, 7) is 7.34. The summed E-state index contributed by atoms with van der Waals surface area (Å²) in [5.74, 6) is -0.364. The van der Waals surface area contributed by atoms with Gasteiger partial charge in [-0.25, -0.2) is 4.68 Å². The number of benzene rings is 2. The number of hydrogen-bond acceptors (Lipinski definition) is 4. The van der Waals surface area contributed by atoms with Gasteiger partial charge < -0.3 is 9.64 Å². The van der Waals surface area contributed by atoms with Gasteiger partial charge in [-0.2, -0.15) is 5.10 Å². The Morgan fingerprint density at radius 3 is 2.41 bits per heavy atom. The van der Waals surface area contributed by atoms with Crippen LogP contribution in [0.4, 0.5) is 0 Å². The first-order valence-corrected chi connectivity index (χ1v) is 11.2. The molecule has 2 heterocycles. The number of aryl methyl sites for hydroxylation is 2. The van der Waals surface area contributed by atoms with Gasteiger partial charge in [-0.15, -0.1) is 0 Å². The minimum Gasteiger partial charge on any atom is -0.466 e. The van der Waals surface area contributed by atoms with Crippen molar-refractivity contribution < 1.29 is 14.3 Å². The maximum absolute atomic E-state index is 13.6. The molecular weight excluding hydrogens is 402 g/mol. The summed E-state index contributed by atoms with van der Waals surface area (Å²) in [6.07, 6.45) is 1.24. The highest BCUT2D eigenvalue weighted by molar-refractivity contribution is 5.94. The summed E-state index contributed by atoms with van der Waals surface area (Å²) in [5.41, 5.74) is 5.37. The van der Waals surface area contributed by atoms with Crippen LogP contribution in [0.2, 0.25) is 0 Å². The molecule has 1 aliphatic rings. The Labute approximate surface area is 188 Å². The van der Waals surface area contributed by atoms with E-state index >= 15 is 0 Å². The highest BCUT2D eigenvalue weighted by Gasteiger charge is 2.30. The van der Waals surface area contributed by atoms with Crippen LogP contribution in [-0.2, 0) is 9.53 Å². The van der Waals surface area contributed by atoms with Gasteiger partial charge in [0.2, 0.25) is 0 Å². The van der Waals surface area contributed by atoms with E-state index in [4.69, 9.17) is 9.84 Å². The van der Waals surface area contributed by atoms with E-state index in [2.05, 4.69) is 13.0 Å². The van der Waals surface area contributed by atoms with Crippen LogP contribution in [0.3, 0.4) is 0 Å². The van der Waals surface area contributed by atoms with Gasteiger partial charge in [0, 0.05) is 18.7 Å². The second kappa shape index (κ2) is 9.39. The third-order valence-corrected chi connectivity index (χ3v) is 5.98. The topological polar surface area (TPSA) is 64.4 Å². The quantitative estimate of drug-likeness (QED) is 0.555. The number of piperidine rings is 1. The number of likely N-dealkylation sites (tertiary alicyclic amines) is 1. The zero-order chi connectivity index (χ0) is 22.7. The fraction of sp³-hybridized carbons (Fsp3) is 0.346. The van der Waals surface area contributed by atoms with Crippen molar-refractivity contribution in [1.82, 2.24) is 14.7 Å². The molecule has 1 saturated heterocycles. The molecule has 32 heavy (non-hydrogen) atoms. The number of aromatic nitrogens is 2. The average molecular weight is 432 g/mol. The fourth-order valence-corrected chi connectivity index (χ4v) is 4.25. The van der Waals surface area contributed by atoms with Crippen molar-refractivity contribution >= 4 is 11.9 Å². The van der Waals surface area contributed by atoms with E-state index in [1.807, 2.05) is 67.3 Å². The minimum atomic E-state index is -0.161. The third kappa shape index (κ3) is 4.44. The first kappa shape index (κ1) is 21.8. The summed E-state index contributed by atoms with van der Waals surface area (Å²) in [4.78, 5) is 27.5. The van der Waals surface area contributed by atoms with Crippen LogP contribution < -0.4 is 0 Å². The number of ether oxygens (including phenoxy) is 1. The molecule has 2 aromatic carbocycles. The van der Waals surface area contributed by atoms with Crippen LogP contribution in [-0.4, -0.2) is 46.3 Å². The predicted molar refractivity (Wildman–Crippen MR) is 124 cm³/mol. The Morgan fingerprint density at radius 2 is 1.75 bits per heavy atom. The second-order valence-electron chi connectivity index (χ2n) is 8.30. The Morgan fingerprint density at radius 1 is 1.03 bits per heavy atom. The lowest BCUT2D eigenvalue weighted by Gasteiger charge is -2.31. The van der Waals surface area contributed by atoms with E-state index in [1.54, 1.807) is 4.68 Å². The van der Waals surface area contributed by atoms with Gasteiger partial charge in [0.05, 0.1) is 23.9 Å². The number of esters is 1. The summed E-state index contributed by atoms with van der Waals surface area (Å²) >= 11 is 0. The predicted octanol–water partition coefficient (Wildman–Crippen LogP) is 4.57. The Bertz CT molecular complexity index is 1110. The van der Waals surface area contributed by atoms with Crippen molar-refractivity contribution in [2.75, 3.05) is 19.7 Å². The van der Waals surface area contributed by atoms with Crippen LogP contribution >= 0.6 is 0 Å². The van der Waals surface area contributed by atoms with Gasteiger partial charge in [-0.3, -0.25) is 9.59 Å². The largest absolute Gasteiger partial charge is 0.466 e. The van der Waals surface area contributed by atoms with Gasteiger partial charge in [0.25, 0.3) is 5.91 Å². The second-order valence-corrected chi connectivity index (χ2v) is 8.30. The number of hydrogen-bond donors (Lipinski definition) is 0. The van der Waals surface area contributed by atoms with Crippen LogP contribution in [0.1, 0.15) is 41.4 Å². The van der Waals surface area contributed by atoms with Crippen LogP contribution in [0.5, 0.6) is 0 Å². The van der Waals surface area contributed by atoms with Crippen LogP contribution in [0.15, 0.2) is 54.6 Å². The molecule has 1 aliphatic heterocycles. The molecule has 6 heteroatoms. The molecule has 0 radical (unpaired) electrons. The molecule has 3 aromatic rings. The number of rotatable bonds is 5. The molecule has 0 atom stereocenters. The molecule has 166 valence electrons. The molecule has 4 rings (SSSR count). The molecule has 1 fully saturated rings. The average Bonchev–Trinajstić information content (AvgIpc) is 3.24. The normalized spacial score (nSPS) is 14.4. The highest BCUT2D eigenvalue weighted by atomic mass is 16.5. The maximum atomic E-state index is 13.6. The van der Waals surface area contributed by atoms with E-state index in [9.17, 15) is 9.59 Å². The number of nitrogens with zero attached hydrogens (tertiary/aromatic N) is 3. The fourth-order valence-electron chi connectivity index (χ4n) is 4.25. The van der Waals surface area contributed by atoms with Gasteiger partial charge in [0.1, 0.15) is 5.69 Å². The Hall–Kier alpha value is -3.41. The van der Waals surface area contributed by atoms with Crippen LogP contribution in [0, 0.1) is 19.8 Å². The zero-order valence-electron chi connectivity index (χ0n) is 18.9. The van der Waals surface area contributed by atoms with Crippen molar-refractivity contribution in [2.45, 2.75) is 33.6 Å². The van der Waals surface area contributed by atoms with Gasteiger partial charge in [-0.05, 0) is 51.3 Å². The van der Waals surface area contributed by atoms with E-state index in [1.165, 1.54) is 0 Å². The number of carbonyl (C=O) groups excluding carboxylic acids is 2. The standard InChI is InChI=1S/C26H29N3O3/c1-4-32-26(31)21-12-14-28(15-13-21)25(30)24-17-22(20-8-6-5-7-9-20)27-29(24)23-11-10-18(2)16-19(23)3/h5-11,16-17,21H,4,12-15H2,1-3H3. The molecule has 0 N–H and O–H groups in total. The van der Waals surface area contributed by atoms with Gasteiger partial charge >= 0.3 is 5.97 Å². The van der Waals surface area contributed by atoms with Crippen molar-refractivity contribution in [3.63, 3.8) is 0 Å². The van der Waals surface area contributed by atoms with Crippen molar-refractivity contribution in [3.8, 4) is 16.9 Å². The maximum Gasteiger partial charge on any atom is 0.309 e. The van der Waals surface area contributed by atoms with Crippen molar-refractivity contribution in [2.24, 2.45) is 5.92 Å². The summed E-state index contributed by atoms with van der Waals surface area (Å²) in [5, 5.41) is 4.82. The van der Waals surface area contributed by atoms with Gasteiger partial charge in [0.15, 0.2) is 0 Å². The summed E-state index contributed by atoms with van der Waals surface area (Å²) in [7, 11) is 0. The number of carbonyl (C=O) groups is 2. The van der Waals surface area contributed by atoms with Gasteiger partial charge in [-0.1, -0.05) is 48.0 Å². The molecule has 1 aromatic heterocycles. The van der Waals surface area contributed by atoms with Crippen molar-refractivity contribution in [3.05, 3.63) is 71.4 Å². The SMILES string of the molecule is CCOC(=O)C1CCN(C(=O)c2cc(-c3ccccc3)nn2-c2ccc(C)cc2C)CC1. The lowest BCUT2D eigenvalue weighted by molar-refractivity contribution is -0.149. The summed E-state index contributed by atoms with van der Waals surface area (Å²) < 4.78 is 6.92. The molecular formula is C26H29N3O3. The first-order valence-electron chi connectivity index (χ1n) is 11.2. The van der Waals surface area contributed by atoms with E-state index in [0.29, 0.717) is 38.2 Å². The molecule has 1 amide bonds. The smallest absolute Gasteiger partial charge is 0.309 e. The van der Waals surface area contributed by atoms with Crippen molar-refractivity contribution in [1.29, 1.82) is 0 Å². The minimum absolute atomic E-state index is 0.0676. The third-order valence-electron chi connectivity index (χ3n) is 5.98. The monoisotopic (exact) mass is 431 g/mol. The Kier molecular flexibility index (Phi) is 6.40. The molecule has 0 unspecified atom stereocenters. The molecule has 0 spiro atoms. The first-order chi connectivity index (χ1) is 15.5. The number of amides is 1. The van der Waals surface area contributed by atoms with E-state index in [-0.39, 0.29) is 17.8 Å². The summed E-state index contributed by atoms with van der Waals surface area (Å²) in [6, 6.07) is 17.9. The van der Waals surface area contributed by atoms with E-state index in [0.717, 1.165) is 28.1 Å². The zero-order valence-corrected chi connectivity index (χ0v) is 18.9. The molecule has 0 bridgehead atoms. The van der Waals surface area contributed by atoms with Crippen LogP contribution in [0.25, 0.3) is 16.9 Å². The molecule has 0 saturated carbocycles.